The van der Waals surface area contributed by atoms with E-state index in [4.69, 9.17) is 14.7 Å². The van der Waals surface area contributed by atoms with E-state index >= 15 is 0 Å². The summed E-state index contributed by atoms with van der Waals surface area (Å²) in [7, 11) is 3.09. The molecule has 0 aliphatic heterocycles. The van der Waals surface area contributed by atoms with Gasteiger partial charge in [0, 0.05) is 0 Å². The molecule has 1 amide bonds. The van der Waals surface area contributed by atoms with Crippen LogP contribution in [0.5, 0.6) is 11.5 Å². The SMILES string of the molecule is C=C(c1cc(C)c(C)c(OC)c1)c1ccc(OC)c(C(=O)NO)c1. The van der Waals surface area contributed by atoms with Crippen molar-refractivity contribution in [3.8, 4) is 11.5 Å². The monoisotopic (exact) mass is 327 g/mol. The molecular weight excluding hydrogens is 306 g/mol. The molecular formula is C19H21NO4. The molecule has 0 saturated carbocycles. The third kappa shape index (κ3) is 3.26. The zero-order valence-electron chi connectivity index (χ0n) is 14.3. The van der Waals surface area contributed by atoms with Gasteiger partial charge in [0.1, 0.15) is 11.5 Å². The maximum Gasteiger partial charge on any atom is 0.278 e. The standard InChI is InChI=1S/C19H21NO4/c1-11-8-15(10-18(24-5)12(11)2)13(3)14-6-7-17(23-4)16(9-14)19(21)20-22/h6-10,22H,3H2,1-2,4-5H3,(H,20,21). The largest absolute Gasteiger partial charge is 0.496 e. The van der Waals surface area contributed by atoms with Crippen molar-refractivity contribution in [3.63, 3.8) is 0 Å². The molecule has 0 aliphatic carbocycles. The van der Waals surface area contributed by atoms with Crippen molar-refractivity contribution in [2.45, 2.75) is 13.8 Å². The average molecular weight is 327 g/mol. The van der Waals surface area contributed by atoms with Crippen LogP contribution in [-0.2, 0) is 0 Å². The lowest BCUT2D eigenvalue weighted by Crippen LogP contribution is -2.19. The summed E-state index contributed by atoms with van der Waals surface area (Å²) in [5, 5.41) is 8.90. The summed E-state index contributed by atoms with van der Waals surface area (Å²) >= 11 is 0. The summed E-state index contributed by atoms with van der Waals surface area (Å²) in [6.45, 7) is 8.14. The van der Waals surface area contributed by atoms with Gasteiger partial charge >= 0.3 is 0 Å². The molecule has 126 valence electrons. The molecule has 0 atom stereocenters. The Kier molecular flexibility index (Phi) is 5.26. The van der Waals surface area contributed by atoms with Gasteiger partial charge in [-0.05, 0) is 59.9 Å². The highest BCUT2D eigenvalue weighted by Gasteiger charge is 2.15. The number of carbonyl (C=O) groups excluding carboxylic acids is 1. The van der Waals surface area contributed by atoms with E-state index in [2.05, 4.69) is 6.58 Å². The third-order valence-electron chi connectivity index (χ3n) is 4.08. The Morgan fingerprint density at radius 1 is 1.04 bits per heavy atom. The number of benzene rings is 2. The third-order valence-corrected chi connectivity index (χ3v) is 4.08. The maximum absolute atomic E-state index is 11.8. The van der Waals surface area contributed by atoms with Crippen LogP contribution in [0.1, 0.15) is 32.6 Å². The first kappa shape index (κ1) is 17.6. The highest BCUT2D eigenvalue weighted by Crippen LogP contribution is 2.31. The molecule has 0 fully saturated rings. The van der Waals surface area contributed by atoms with E-state index in [1.165, 1.54) is 7.11 Å². The zero-order valence-corrected chi connectivity index (χ0v) is 14.3. The summed E-state index contributed by atoms with van der Waals surface area (Å²) in [6.07, 6.45) is 0. The second kappa shape index (κ2) is 7.19. The molecule has 0 radical (unpaired) electrons. The smallest absolute Gasteiger partial charge is 0.278 e. The Labute approximate surface area is 141 Å². The predicted octanol–water partition coefficient (Wildman–Crippen LogP) is 3.50. The molecule has 5 heteroatoms. The van der Waals surface area contributed by atoms with Gasteiger partial charge in [0.15, 0.2) is 0 Å². The van der Waals surface area contributed by atoms with Gasteiger partial charge in [-0.2, -0.15) is 0 Å². The van der Waals surface area contributed by atoms with Crippen LogP contribution in [0.3, 0.4) is 0 Å². The number of carbonyl (C=O) groups is 1. The van der Waals surface area contributed by atoms with Crippen molar-refractivity contribution in [2.75, 3.05) is 14.2 Å². The van der Waals surface area contributed by atoms with Crippen LogP contribution in [0, 0.1) is 13.8 Å². The molecule has 2 aromatic carbocycles. The molecule has 0 aromatic heterocycles. The van der Waals surface area contributed by atoms with Gasteiger partial charge in [0.25, 0.3) is 5.91 Å². The van der Waals surface area contributed by atoms with Crippen molar-refractivity contribution in [1.82, 2.24) is 5.48 Å². The fourth-order valence-corrected chi connectivity index (χ4v) is 2.51. The fourth-order valence-electron chi connectivity index (χ4n) is 2.51. The maximum atomic E-state index is 11.8. The normalized spacial score (nSPS) is 10.2. The Hall–Kier alpha value is -2.79. The van der Waals surface area contributed by atoms with Crippen LogP contribution in [0.15, 0.2) is 36.9 Å². The minimum atomic E-state index is -0.640. The molecule has 2 N–H and O–H groups in total. The van der Waals surface area contributed by atoms with Gasteiger partial charge < -0.3 is 9.47 Å². The lowest BCUT2D eigenvalue weighted by Gasteiger charge is -2.14. The van der Waals surface area contributed by atoms with Crippen LogP contribution < -0.4 is 15.0 Å². The van der Waals surface area contributed by atoms with Gasteiger partial charge in [-0.15, -0.1) is 0 Å². The first-order valence-electron chi connectivity index (χ1n) is 7.40. The van der Waals surface area contributed by atoms with E-state index in [0.717, 1.165) is 33.6 Å². The Morgan fingerprint density at radius 3 is 2.29 bits per heavy atom. The van der Waals surface area contributed by atoms with Gasteiger partial charge in [-0.1, -0.05) is 18.7 Å². The first-order chi connectivity index (χ1) is 11.4. The molecule has 0 saturated heterocycles. The van der Waals surface area contributed by atoms with Gasteiger partial charge in [0.2, 0.25) is 0 Å². The van der Waals surface area contributed by atoms with E-state index < -0.39 is 5.91 Å². The number of hydrogen-bond acceptors (Lipinski definition) is 4. The summed E-state index contributed by atoms with van der Waals surface area (Å²) in [6, 6.07) is 9.06. The zero-order chi connectivity index (χ0) is 17.9. The molecule has 0 heterocycles. The number of nitrogens with one attached hydrogen (secondary N) is 1. The number of ether oxygens (including phenoxy) is 2. The fraction of sp³-hybridized carbons (Fsp3) is 0.211. The van der Waals surface area contributed by atoms with E-state index in [9.17, 15) is 4.79 Å². The number of hydrogen-bond donors (Lipinski definition) is 2. The molecule has 24 heavy (non-hydrogen) atoms. The molecule has 2 rings (SSSR count). The Bertz CT molecular complexity index is 796. The van der Waals surface area contributed by atoms with Crippen LogP contribution in [0.25, 0.3) is 5.57 Å². The highest BCUT2D eigenvalue weighted by molar-refractivity contribution is 5.97. The quantitative estimate of drug-likeness (QED) is 0.651. The summed E-state index contributed by atoms with van der Waals surface area (Å²) < 4.78 is 10.6. The average Bonchev–Trinajstić information content (AvgIpc) is 2.61. The first-order valence-corrected chi connectivity index (χ1v) is 7.40. The topological polar surface area (TPSA) is 67.8 Å². The Morgan fingerprint density at radius 2 is 1.71 bits per heavy atom. The summed E-state index contributed by atoms with van der Waals surface area (Å²) in [5.41, 5.74) is 6.41. The predicted molar refractivity (Wildman–Crippen MR) is 92.9 cm³/mol. The van der Waals surface area contributed by atoms with Crippen molar-refractivity contribution in [2.24, 2.45) is 0 Å². The molecule has 0 spiro atoms. The van der Waals surface area contributed by atoms with Crippen molar-refractivity contribution in [3.05, 3.63) is 64.7 Å². The van der Waals surface area contributed by atoms with Crippen molar-refractivity contribution in [1.29, 1.82) is 0 Å². The van der Waals surface area contributed by atoms with E-state index in [1.54, 1.807) is 24.7 Å². The van der Waals surface area contributed by atoms with Gasteiger partial charge in [0.05, 0.1) is 19.8 Å². The number of methoxy groups -OCH3 is 2. The van der Waals surface area contributed by atoms with Crippen molar-refractivity contribution >= 4 is 11.5 Å². The minimum absolute atomic E-state index is 0.231. The van der Waals surface area contributed by atoms with E-state index in [1.807, 2.05) is 32.0 Å². The summed E-state index contributed by atoms with van der Waals surface area (Å²) in [5.74, 6) is 0.517. The van der Waals surface area contributed by atoms with Crippen LogP contribution in [-0.4, -0.2) is 25.3 Å². The minimum Gasteiger partial charge on any atom is -0.496 e. The number of rotatable bonds is 5. The van der Waals surface area contributed by atoms with Crippen LogP contribution >= 0.6 is 0 Å². The van der Waals surface area contributed by atoms with Gasteiger partial charge in [-0.3, -0.25) is 10.0 Å². The molecule has 2 aromatic rings. The van der Waals surface area contributed by atoms with Crippen LogP contribution in [0.2, 0.25) is 0 Å². The van der Waals surface area contributed by atoms with E-state index in [0.29, 0.717) is 5.75 Å². The van der Waals surface area contributed by atoms with Gasteiger partial charge in [-0.25, -0.2) is 5.48 Å². The van der Waals surface area contributed by atoms with E-state index in [-0.39, 0.29) is 5.56 Å². The van der Waals surface area contributed by atoms with Crippen molar-refractivity contribution < 1.29 is 19.5 Å². The Balaban J connectivity index is 2.51. The van der Waals surface area contributed by atoms with Crippen LogP contribution in [0.4, 0.5) is 0 Å². The molecule has 0 aliphatic rings. The summed E-state index contributed by atoms with van der Waals surface area (Å²) in [4.78, 5) is 11.8. The lowest BCUT2D eigenvalue weighted by molar-refractivity contribution is 0.0703. The highest BCUT2D eigenvalue weighted by atomic mass is 16.5. The second-order valence-corrected chi connectivity index (χ2v) is 5.45. The molecule has 0 unspecified atom stereocenters. The number of amides is 1. The second-order valence-electron chi connectivity index (χ2n) is 5.45. The lowest BCUT2D eigenvalue weighted by atomic mass is 9.94. The molecule has 0 bridgehead atoms. The number of hydroxylamine groups is 1. The number of aryl methyl sites for hydroxylation is 1. The molecule has 5 nitrogen and oxygen atoms in total.